The van der Waals surface area contributed by atoms with Gasteiger partial charge in [-0.05, 0) is 12.1 Å². The normalized spacial score (nSPS) is 10.2. The molecule has 0 saturated carbocycles. The van der Waals surface area contributed by atoms with Crippen molar-refractivity contribution in [2.75, 3.05) is 0 Å². The van der Waals surface area contributed by atoms with E-state index in [1.807, 2.05) is 0 Å². The van der Waals surface area contributed by atoms with E-state index in [-0.39, 0.29) is 12.4 Å². The minimum Gasteiger partial charge on any atom is -0.388 e. The predicted molar refractivity (Wildman–Crippen MR) is 53.2 cm³/mol. The number of rotatable bonds is 3. The number of nitrogens with zero attached hydrogens (tertiary/aromatic N) is 3. The summed E-state index contributed by atoms with van der Waals surface area (Å²) in [6.45, 7) is -0.303. The van der Waals surface area contributed by atoms with Gasteiger partial charge in [-0.2, -0.15) is 4.68 Å². The third kappa shape index (κ3) is 1.97. The highest BCUT2D eigenvalue weighted by molar-refractivity contribution is 5.73. The minimum atomic E-state index is -0.724. The second kappa shape index (κ2) is 3.97. The molecule has 0 aliphatic rings. The van der Waals surface area contributed by atoms with Gasteiger partial charge in [0.1, 0.15) is 6.54 Å². The van der Waals surface area contributed by atoms with Crippen LogP contribution < -0.4 is 11.5 Å². The lowest BCUT2D eigenvalue weighted by Gasteiger charge is -1.92. The molecule has 0 aliphatic heterocycles. The average Bonchev–Trinajstić information content (AvgIpc) is 2.61. The number of carbonyl (C=O) groups excluding carboxylic acids is 1. The zero-order chi connectivity index (χ0) is 11.5. The monoisotopic (exact) mass is 220 g/mol. The molecule has 2 aromatic rings. The fourth-order valence-corrected chi connectivity index (χ4v) is 1.16. The molecule has 0 spiro atoms. The molecule has 16 heavy (non-hydrogen) atoms. The van der Waals surface area contributed by atoms with Crippen LogP contribution in [0.5, 0.6) is 0 Å². The van der Waals surface area contributed by atoms with Crippen LogP contribution in [0.1, 0.15) is 0 Å². The lowest BCUT2D eigenvalue weighted by molar-refractivity contribution is -0.118. The molecule has 2 aromatic heterocycles. The van der Waals surface area contributed by atoms with Crippen molar-refractivity contribution in [3.05, 3.63) is 35.1 Å². The number of pyridine rings is 1. The number of carbonyl (C=O) groups is 1. The summed E-state index contributed by atoms with van der Waals surface area (Å²) < 4.78 is 5.72. The maximum absolute atomic E-state index is 11.3. The summed E-state index contributed by atoms with van der Waals surface area (Å²) in [5.41, 5.74) is 5.51. The molecule has 0 atom stereocenters. The molecule has 0 saturated heterocycles. The van der Waals surface area contributed by atoms with E-state index in [1.165, 1.54) is 6.20 Å². The molecule has 1 amide bonds. The second-order valence-electron chi connectivity index (χ2n) is 3.04. The molecule has 7 heteroatoms. The Balaban J connectivity index is 2.38. The first kappa shape index (κ1) is 10.1. The smallest absolute Gasteiger partial charge is 0.388 e. The van der Waals surface area contributed by atoms with Gasteiger partial charge < -0.3 is 10.2 Å². The van der Waals surface area contributed by atoms with Gasteiger partial charge in [-0.3, -0.25) is 9.78 Å². The molecule has 0 fully saturated rings. The number of amides is 1. The first-order chi connectivity index (χ1) is 7.66. The highest BCUT2D eigenvalue weighted by atomic mass is 16.4. The summed E-state index contributed by atoms with van der Waals surface area (Å²) in [5, 5.41) is 3.82. The first-order valence-electron chi connectivity index (χ1n) is 4.43. The fraction of sp³-hybridized carbons (Fsp3) is 0.111. The van der Waals surface area contributed by atoms with Crippen LogP contribution in [0, 0.1) is 0 Å². The lowest BCUT2D eigenvalue weighted by atomic mass is 10.3. The lowest BCUT2D eigenvalue weighted by Crippen LogP contribution is -2.26. The van der Waals surface area contributed by atoms with Crippen LogP contribution in [-0.4, -0.2) is 20.7 Å². The molecule has 0 aliphatic carbocycles. The van der Waals surface area contributed by atoms with Crippen molar-refractivity contribution in [2.45, 2.75) is 6.54 Å². The van der Waals surface area contributed by atoms with Crippen LogP contribution in [0.25, 0.3) is 11.5 Å². The van der Waals surface area contributed by atoms with E-state index in [2.05, 4.69) is 10.1 Å². The Morgan fingerprint density at radius 2 is 2.38 bits per heavy atom. The molecule has 0 radical (unpaired) electrons. The van der Waals surface area contributed by atoms with Crippen molar-refractivity contribution < 1.29 is 9.21 Å². The molecule has 2 rings (SSSR count). The molecule has 7 nitrogen and oxygen atoms in total. The third-order valence-corrected chi connectivity index (χ3v) is 1.82. The van der Waals surface area contributed by atoms with Gasteiger partial charge in [0.2, 0.25) is 5.91 Å². The fourth-order valence-electron chi connectivity index (χ4n) is 1.16. The summed E-state index contributed by atoms with van der Waals surface area (Å²) in [6.07, 6.45) is 3.09. The van der Waals surface area contributed by atoms with Crippen molar-refractivity contribution in [1.82, 2.24) is 14.8 Å². The Bertz CT molecular complexity index is 558. The zero-order valence-electron chi connectivity index (χ0n) is 8.16. The molecular weight excluding hydrogens is 212 g/mol. The number of hydrogen-bond donors (Lipinski definition) is 1. The van der Waals surface area contributed by atoms with Crippen LogP contribution in [0.2, 0.25) is 0 Å². The van der Waals surface area contributed by atoms with Gasteiger partial charge in [-0.15, -0.1) is 5.10 Å². The Morgan fingerprint density at radius 1 is 1.56 bits per heavy atom. The van der Waals surface area contributed by atoms with E-state index in [4.69, 9.17) is 10.2 Å². The molecular formula is C9H8N4O3. The molecule has 0 aromatic carbocycles. The van der Waals surface area contributed by atoms with Crippen LogP contribution in [-0.2, 0) is 11.3 Å². The van der Waals surface area contributed by atoms with Gasteiger partial charge in [0, 0.05) is 12.4 Å². The zero-order valence-corrected chi connectivity index (χ0v) is 8.16. The Labute approximate surface area is 89.5 Å². The van der Waals surface area contributed by atoms with E-state index < -0.39 is 11.7 Å². The van der Waals surface area contributed by atoms with Crippen molar-refractivity contribution in [2.24, 2.45) is 5.73 Å². The van der Waals surface area contributed by atoms with Crippen LogP contribution in [0.4, 0.5) is 0 Å². The average molecular weight is 220 g/mol. The largest absolute Gasteiger partial charge is 0.437 e. The van der Waals surface area contributed by atoms with Gasteiger partial charge in [0.15, 0.2) is 0 Å². The van der Waals surface area contributed by atoms with Crippen LogP contribution in [0.3, 0.4) is 0 Å². The van der Waals surface area contributed by atoms with Gasteiger partial charge >= 0.3 is 5.76 Å². The number of hydrogen-bond acceptors (Lipinski definition) is 5. The summed E-state index contributed by atoms with van der Waals surface area (Å²) >= 11 is 0. The van der Waals surface area contributed by atoms with Gasteiger partial charge in [0.05, 0.1) is 5.56 Å². The van der Waals surface area contributed by atoms with Gasteiger partial charge in [-0.1, -0.05) is 0 Å². The summed E-state index contributed by atoms with van der Waals surface area (Å²) in [5.74, 6) is -1.27. The maximum Gasteiger partial charge on any atom is 0.437 e. The van der Waals surface area contributed by atoms with Crippen molar-refractivity contribution in [3.63, 3.8) is 0 Å². The van der Waals surface area contributed by atoms with E-state index in [0.29, 0.717) is 5.56 Å². The second-order valence-corrected chi connectivity index (χ2v) is 3.04. The minimum absolute atomic E-state index is 0.111. The Morgan fingerprint density at radius 3 is 3.00 bits per heavy atom. The van der Waals surface area contributed by atoms with E-state index in [9.17, 15) is 9.59 Å². The summed E-state index contributed by atoms with van der Waals surface area (Å²) in [4.78, 5) is 25.7. The van der Waals surface area contributed by atoms with E-state index in [1.54, 1.807) is 18.3 Å². The van der Waals surface area contributed by atoms with Crippen molar-refractivity contribution in [1.29, 1.82) is 0 Å². The van der Waals surface area contributed by atoms with E-state index >= 15 is 0 Å². The molecule has 0 bridgehead atoms. The van der Waals surface area contributed by atoms with Gasteiger partial charge in [-0.25, -0.2) is 4.79 Å². The molecule has 0 unspecified atom stereocenters. The number of nitrogens with two attached hydrogens (primary N) is 1. The number of aromatic nitrogens is 3. The van der Waals surface area contributed by atoms with Gasteiger partial charge in [0.25, 0.3) is 5.89 Å². The molecule has 2 heterocycles. The number of primary amides is 1. The van der Waals surface area contributed by atoms with Crippen molar-refractivity contribution >= 4 is 5.91 Å². The van der Waals surface area contributed by atoms with Crippen LogP contribution >= 0.6 is 0 Å². The Kier molecular flexibility index (Phi) is 2.50. The standard InChI is InChI=1S/C9H8N4O3/c10-7(14)5-13-9(15)16-8(12-13)6-2-1-3-11-4-6/h1-4H,5H2,(H2,10,14). The highest BCUT2D eigenvalue weighted by Crippen LogP contribution is 2.12. The quantitative estimate of drug-likeness (QED) is 0.742. The van der Waals surface area contributed by atoms with E-state index in [0.717, 1.165) is 4.68 Å². The molecule has 82 valence electrons. The maximum atomic E-state index is 11.3. The Hall–Kier alpha value is -2.44. The van der Waals surface area contributed by atoms with Crippen LogP contribution in [0.15, 0.2) is 33.7 Å². The molecule has 2 N–H and O–H groups in total. The third-order valence-electron chi connectivity index (χ3n) is 1.82. The highest BCUT2D eigenvalue weighted by Gasteiger charge is 2.11. The SMILES string of the molecule is NC(=O)Cn1nc(-c2cccnc2)oc1=O. The summed E-state index contributed by atoms with van der Waals surface area (Å²) in [7, 11) is 0. The topological polar surface area (TPSA) is 104 Å². The predicted octanol–water partition coefficient (Wildman–Crippen LogP) is -0.616. The first-order valence-corrected chi connectivity index (χ1v) is 4.43. The summed E-state index contributed by atoms with van der Waals surface area (Å²) in [6, 6.07) is 3.37. The van der Waals surface area contributed by atoms with Crippen molar-refractivity contribution in [3.8, 4) is 11.5 Å².